The van der Waals surface area contributed by atoms with Crippen molar-refractivity contribution in [2.75, 3.05) is 13.7 Å². The summed E-state index contributed by atoms with van der Waals surface area (Å²) in [6.07, 6.45) is -0.0744. The van der Waals surface area contributed by atoms with E-state index >= 15 is 0 Å². The number of ether oxygens (including phenoxy) is 1. The highest BCUT2D eigenvalue weighted by Gasteiger charge is 2.05. The van der Waals surface area contributed by atoms with Crippen molar-refractivity contribution in [2.24, 2.45) is 5.11 Å². The van der Waals surface area contributed by atoms with Crippen LogP contribution < -0.4 is 4.74 Å². The molecule has 0 aromatic heterocycles. The van der Waals surface area contributed by atoms with Crippen LogP contribution in [0.15, 0.2) is 23.3 Å². The standard InChI is InChI=1S/C12H11N3O3/c1-18-11-5-4-9(8-12(16)17)7-10(11)3-2-6-14-15-13/h4-5,7H,6,8H2,1H3,(H,16,17). The third-order valence-electron chi connectivity index (χ3n) is 2.06. The van der Waals surface area contributed by atoms with Crippen LogP contribution >= 0.6 is 0 Å². The molecule has 1 aromatic rings. The number of carbonyl (C=O) groups is 1. The lowest BCUT2D eigenvalue weighted by Gasteiger charge is -2.05. The molecule has 0 bridgehead atoms. The number of rotatable bonds is 4. The molecule has 6 heteroatoms. The molecule has 0 fully saturated rings. The molecule has 0 aliphatic heterocycles. The van der Waals surface area contributed by atoms with Gasteiger partial charge in [-0.1, -0.05) is 23.0 Å². The maximum Gasteiger partial charge on any atom is 0.307 e. The van der Waals surface area contributed by atoms with E-state index in [-0.39, 0.29) is 13.0 Å². The van der Waals surface area contributed by atoms with Gasteiger partial charge in [-0.15, -0.1) is 0 Å². The largest absolute Gasteiger partial charge is 0.495 e. The molecule has 0 atom stereocenters. The fourth-order valence-electron chi connectivity index (χ4n) is 1.34. The average Bonchev–Trinajstić information content (AvgIpc) is 2.34. The van der Waals surface area contributed by atoms with Gasteiger partial charge in [0.15, 0.2) is 0 Å². The van der Waals surface area contributed by atoms with Crippen molar-refractivity contribution in [3.05, 3.63) is 39.8 Å². The maximum absolute atomic E-state index is 10.6. The van der Waals surface area contributed by atoms with Crippen LogP contribution in [-0.4, -0.2) is 24.7 Å². The first-order chi connectivity index (χ1) is 8.67. The number of hydrogen-bond donors (Lipinski definition) is 1. The number of benzene rings is 1. The molecule has 0 spiro atoms. The highest BCUT2D eigenvalue weighted by molar-refractivity contribution is 5.70. The van der Waals surface area contributed by atoms with Gasteiger partial charge in [0.05, 0.1) is 25.6 Å². The van der Waals surface area contributed by atoms with Gasteiger partial charge >= 0.3 is 5.97 Å². The van der Waals surface area contributed by atoms with Gasteiger partial charge in [0.1, 0.15) is 5.75 Å². The van der Waals surface area contributed by atoms with Gasteiger partial charge in [-0.3, -0.25) is 4.79 Å². The Bertz CT molecular complexity index is 551. The first-order valence-electron chi connectivity index (χ1n) is 5.06. The molecule has 0 aliphatic rings. The third-order valence-corrected chi connectivity index (χ3v) is 2.06. The van der Waals surface area contributed by atoms with Crippen LogP contribution in [0.5, 0.6) is 5.75 Å². The second-order valence-corrected chi connectivity index (χ2v) is 3.30. The van der Waals surface area contributed by atoms with Crippen LogP contribution in [0.25, 0.3) is 10.4 Å². The van der Waals surface area contributed by atoms with Crippen LogP contribution in [0.4, 0.5) is 0 Å². The molecule has 0 heterocycles. The van der Waals surface area contributed by atoms with Crippen molar-refractivity contribution in [1.29, 1.82) is 0 Å². The Morgan fingerprint density at radius 3 is 3.00 bits per heavy atom. The van der Waals surface area contributed by atoms with Crippen LogP contribution in [0, 0.1) is 11.8 Å². The number of hydrogen-bond acceptors (Lipinski definition) is 3. The van der Waals surface area contributed by atoms with E-state index in [1.807, 2.05) is 0 Å². The summed E-state index contributed by atoms with van der Waals surface area (Å²) in [5, 5.41) is 12.0. The van der Waals surface area contributed by atoms with Gasteiger partial charge in [0, 0.05) is 4.91 Å². The van der Waals surface area contributed by atoms with Crippen molar-refractivity contribution in [1.82, 2.24) is 0 Å². The lowest BCUT2D eigenvalue weighted by Crippen LogP contribution is -2.00. The topological polar surface area (TPSA) is 95.3 Å². The molecular formula is C12H11N3O3. The monoisotopic (exact) mass is 245 g/mol. The summed E-state index contributed by atoms with van der Waals surface area (Å²) in [5.41, 5.74) is 9.32. The Morgan fingerprint density at radius 1 is 1.61 bits per heavy atom. The molecule has 0 radical (unpaired) electrons. The van der Waals surface area contributed by atoms with Gasteiger partial charge in [0.25, 0.3) is 0 Å². The fraction of sp³-hybridized carbons (Fsp3) is 0.250. The summed E-state index contributed by atoms with van der Waals surface area (Å²) >= 11 is 0. The molecule has 18 heavy (non-hydrogen) atoms. The van der Waals surface area contributed by atoms with Crippen molar-refractivity contribution in [3.8, 4) is 17.6 Å². The second kappa shape index (κ2) is 6.84. The van der Waals surface area contributed by atoms with Crippen molar-refractivity contribution in [2.45, 2.75) is 6.42 Å². The summed E-state index contributed by atoms with van der Waals surface area (Å²) in [5.74, 6) is 5.08. The molecule has 1 N–H and O–H groups in total. The SMILES string of the molecule is COc1ccc(CC(=O)O)cc1C#CCN=[N+]=[N-]. The number of nitrogens with zero attached hydrogens (tertiary/aromatic N) is 3. The quantitative estimate of drug-likeness (QED) is 0.380. The Balaban J connectivity index is 3.00. The summed E-state index contributed by atoms with van der Waals surface area (Å²) in [6.45, 7) is 0.0583. The number of aliphatic carboxylic acids is 1. The zero-order chi connectivity index (χ0) is 13.4. The van der Waals surface area contributed by atoms with Gasteiger partial charge in [-0.05, 0) is 23.2 Å². The molecule has 0 amide bonds. The predicted octanol–water partition coefficient (Wildman–Crippen LogP) is 1.98. The first-order valence-corrected chi connectivity index (χ1v) is 5.06. The fourth-order valence-corrected chi connectivity index (χ4v) is 1.34. The molecule has 0 unspecified atom stereocenters. The highest BCUT2D eigenvalue weighted by atomic mass is 16.5. The maximum atomic E-state index is 10.6. The van der Waals surface area contributed by atoms with Crippen molar-refractivity contribution < 1.29 is 14.6 Å². The highest BCUT2D eigenvalue weighted by Crippen LogP contribution is 2.19. The molecule has 6 nitrogen and oxygen atoms in total. The van der Waals surface area contributed by atoms with Crippen molar-refractivity contribution in [3.63, 3.8) is 0 Å². The molecule has 0 saturated heterocycles. The van der Waals surface area contributed by atoms with E-state index in [1.165, 1.54) is 7.11 Å². The molecule has 0 aliphatic carbocycles. The average molecular weight is 245 g/mol. The zero-order valence-corrected chi connectivity index (χ0v) is 9.75. The van der Waals surface area contributed by atoms with Crippen LogP contribution in [-0.2, 0) is 11.2 Å². The Labute approximate surface area is 104 Å². The minimum atomic E-state index is -0.909. The van der Waals surface area contributed by atoms with E-state index in [0.29, 0.717) is 16.9 Å². The van der Waals surface area contributed by atoms with E-state index in [9.17, 15) is 4.79 Å². The van der Waals surface area contributed by atoms with Gasteiger partial charge in [0.2, 0.25) is 0 Å². The summed E-state index contributed by atoms with van der Waals surface area (Å²) in [4.78, 5) is 13.2. The summed E-state index contributed by atoms with van der Waals surface area (Å²) in [7, 11) is 1.50. The molecular weight excluding hydrogens is 234 g/mol. The van der Waals surface area contributed by atoms with Crippen LogP contribution in [0.1, 0.15) is 11.1 Å². The van der Waals surface area contributed by atoms with Gasteiger partial charge in [-0.2, -0.15) is 0 Å². The Morgan fingerprint density at radius 2 is 2.39 bits per heavy atom. The Hall–Kier alpha value is -2.64. The minimum Gasteiger partial charge on any atom is -0.495 e. The molecule has 1 rings (SSSR count). The van der Waals surface area contributed by atoms with E-state index in [2.05, 4.69) is 21.9 Å². The first kappa shape index (κ1) is 13.4. The lowest BCUT2D eigenvalue weighted by atomic mass is 10.1. The van der Waals surface area contributed by atoms with Gasteiger partial charge < -0.3 is 9.84 Å². The summed E-state index contributed by atoms with van der Waals surface area (Å²) < 4.78 is 5.11. The zero-order valence-electron chi connectivity index (χ0n) is 9.75. The van der Waals surface area contributed by atoms with Crippen LogP contribution in [0.2, 0.25) is 0 Å². The van der Waals surface area contributed by atoms with Crippen LogP contribution in [0.3, 0.4) is 0 Å². The smallest absolute Gasteiger partial charge is 0.307 e. The predicted molar refractivity (Wildman–Crippen MR) is 65.2 cm³/mol. The van der Waals surface area contributed by atoms with E-state index in [0.717, 1.165) is 0 Å². The number of carboxylic acid groups (broad SMARTS) is 1. The third kappa shape index (κ3) is 4.08. The normalized spacial score (nSPS) is 8.72. The van der Waals surface area contributed by atoms with Crippen molar-refractivity contribution >= 4 is 5.97 Å². The molecule has 0 saturated carbocycles. The van der Waals surface area contributed by atoms with E-state index in [4.69, 9.17) is 15.4 Å². The number of methoxy groups -OCH3 is 1. The number of carboxylic acids is 1. The Kier molecular flexibility index (Phi) is 5.10. The summed E-state index contributed by atoms with van der Waals surface area (Å²) in [6, 6.07) is 4.98. The van der Waals surface area contributed by atoms with Gasteiger partial charge in [-0.25, -0.2) is 0 Å². The number of azide groups is 1. The van der Waals surface area contributed by atoms with E-state index in [1.54, 1.807) is 18.2 Å². The van der Waals surface area contributed by atoms with E-state index < -0.39 is 5.97 Å². The lowest BCUT2D eigenvalue weighted by molar-refractivity contribution is -0.136. The molecule has 1 aromatic carbocycles. The molecule has 92 valence electrons. The second-order valence-electron chi connectivity index (χ2n) is 3.30. The minimum absolute atomic E-state index is 0.0583.